The van der Waals surface area contributed by atoms with Crippen LogP contribution >= 0.6 is 0 Å². The molecule has 6 nitrogen and oxygen atoms in total. The number of benzene rings is 1. The monoisotopic (exact) mass is 306 g/mol. The molecule has 6 heteroatoms. The highest BCUT2D eigenvalue weighted by molar-refractivity contribution is 5.75. The number of hydrogen-bond donors (Lipinski definition) is 1. The van der Waals surface area contributed by atoms with Gasteiger partial charge in [0.1, 0.15) is 6.54 Å². The van der Waals surface area contributed by atoms with Gasteiger partial charge in [0.15, 0.2) is 5.65 Å². The lowest BCUT2D eigenvalue weighted by atomic mass is 10.2. The Morgan fingerprint density at radius 3 is 2.70 bits per heavy atom. The number of nitrogens with one attached hydrogen (secondary N) is 1. The third kappa shape index (κ3) is 3.47. The molecular weight excluding hydrogens is 292 g/mol. The smallest absolute Gasteiger partial charge is 0.344 e. The van der Waals surface area contributed by atoms with Gasteiger partial charge >= 0.3 is 5.69 Å². The Balaban J connectivity index is 1.60. The molecule has 114 valence electrons. The quantitative estimate of drug-likeness (QED) is 0.723. The van der Waals surface area contributed by atoms with Crippen LogP contribution in [-0.4, -0.2) is 26.6 Å². The van der Waals surface area contributed by atoms with E-state index in [-0.39, 0.29) is 24.7 Å². The third-order valence-corrected chi connectivity index (χ3v) is 3.16. The van der Waals surface area contributed by atoms with Crippen molar-refractivity contribution in [2.24, 2.45) is 0 Å². The Hall–Kier alpha value is -3.33. The van der Waals surface area contributed by atoms with Crippen LogP contribution in [0, 0.1) is 11.8 Å². The molecule has 2 aromatic heterocycles. The largest absolute Gasteiger partial charge is 0.350 e. The van der Waals surface area contributed by atoms with Crippen molar-refractivity contribution in [1.82, 2.24) is 19.5 Å². The van der Waals surface area contributed by atoms with Crippen molar-refractivity contribution in [3.63, 3.8) is 0 Å². The van der Waals surface area contributed by atoms with Crippen molar-refractivity contribution >= 4 is 11.6 Å². The van der Waals surface area contributed by atoms with E-state index in [1.807, 2.05) is 30.3 Å². The van der Waals surface area contributed by atoms with Crippen LogP contribution in [0.1, 0.15) is 5.56 Å². The fourth-order valence-corrected chi connectivity index (χ4v) is 2.07. The first-order valence-corrected chi connectivity index (χ1v) is 7.09. The SMILES string of the molecule is O=C(Cn1nc2ccccn2c1=O)NCC#Cc1ccccc1. The summed E-state index contributed by atoms with van der Waals surface area (Å²) in [6.07, 6.45) is 1.62. The molecule has 0 spiro atoms. The van der Waals surface area contributed by atoms with Crippen LogP contribution < -0.4 is 11.0 Å². The van der Waals surface area contributed by atoms with Gasteiger partial charge in [-0.2, -0.15) is 0 Å². The van der Waals surface area contributed by atoms with Gasteiger partial charge in [0, 0.05) is 11.8 Å². The van der Waals surface area contributed by atoms with Crippen LogP contribution in [0.25, 0.3) is 5.65 Å². The van der Waals surface area contributed by atoms with E-state index in [4.69, 9.17) is 0 Å². The molecule has 0 fully saturated rings. The topological polar surface area (TPSA) is 68.4 Å². The fraction of sp³-hybridized carbons (Fsp3) is 0.118. The molecule has 1 amide bonds. The van der Waals surface area contributed by atoms with E-state index >= 15 is 0 Å². The van der Waals surface area contributed by atoms with E-state index in [0.29, 0.717) is 5.65 Å². The second-order valence-corrected chi connectivity index (χ2v) is 4.81. The molecule has 2 heterocycles. The van der Waals surface area contributed by atoms with Crippen LogP contribution in [0.4, 0.5) is 0 Å². The standard InChI is InChI=1S/C17H14N4O2/c22-16(18-11-6-9-14-7-2-1-3-8-14)13-21-17(23)20-12-5-4-10-15(20)19-21/h1-5,7-8,10,12H,11,13H2,(H,18,22). The Morgan fingerprint density at radius 1 is 1.13 bits per heavy atom. The van der Waals surface area contributed by atoms with Crippen LogP contribution in [0.5, 0.6) is 0 Å². The lowest BCUT2D eigenvalue weighted by Crippen LogP contribution is -2.32. The van der Waals surface area contributed by atoms with E-state index in [2.05, 4.69) is 22.3 Å². The number of rotatable bonds is 3. The van der Waals surface area contributed by atoms with Gasteiger partial charge in [-0.3, -0.25) is 9.20 Å². The first-order chi connectivity index (χ1) is 11.2. The third-order valence-electron chi connectivity index (χ3n) is 3.16. The van der Waals surface area contributed by atoms with E-state index in [1.54, 1.807) is 24.4 Å². The fourth-order valence-electron chi connectivity index (χ4n) is 2.07. The molecule has 23 heavy (non-hydrogen) atoms. The van der Waals surface area contributed by atoms with Crippen molar-refractivity contribution in [3.8, 4) is 11.8 Å². The summed E-state index contributed by atoms with van der Waals surface area (Å²) in [4.78, 5) is 23.9. The summed E-state index contributed by atoms with van der Waals surface area (Å²) in [6.45, 7) is 0.0867. The summed E-state index contributed by atoms with van der Waals surface area (Å²) in [5.74, 6) is 5.50. The predicted octanol–water partition coefficient (Wildman–Crippen LogP) is 0.664. The molecular formula is C17H14N4O2. The van der Waals surface area contributed by atoms with Crippen LogP contribution in [0.3, 0.4) is 0 Å². The van der Waals surface area contributed by atoms with Crippen molar-refractivity contribution < 1.29 is 4.79 Å². The molecule has 0 saturated carbocycles. The molecule has 3 rings (SSSR count). The Morgan fingerprint density at radius 2 is 1.91 bits per heavy atom. The number of aromatic nitrogens is 3. The summed E-state index contributed by atoms with van der Waals surface area (Å²) in [5.41, 5.74) is 1.05. The highest BCUT2D eigenvalue weighted by Gasteiger charge is 2.09. The lowest BCUT2D eigenvalue weighted by Gasteiger charge is -1.99. The number of hydrogen-bond acceptors (Lipinski definition) is 3. The summed E-state index contributed by atoms with van der Waals surface area (Å²) in [7, 11) is 0. The number of amides is 1. The molecule has 1 aromatic carbocycles. The molecule has 0 aliphatic carbocycles. The highest BCUT2D eigenvalue weighted by Crippen LogP contribution is 1.95. The van der Waals surface area contributed by atoms with Crippen LogP contribution in [-0.2, 0) is 11.3 Å². The van der Waals surface area contributed by atoms with Gasteiger partial charge in [0.2, 0.25) is 5.91 Å². The highest BCUT2D eigenvalue weighted by atomic mass is 16.2. The first kappa shape index (κ1) is 14.6. The van der Waals surface area contributed by atoms with Crippen molar-refractivity contribution in [2.45, 2.75) is 6.54 Å². The van der Waals surface area contributed by atoms with Crippen molar-refractivity contribution in [3.05, 3.63) is 70.8 Å². The molecule has 3 aromatic rings. The van der Waals surface area contributed by atoms with E-state index in [9.17, 15) is 9.59 Å². The molecule has 0 atom stereocenters. The molecule has 0 unspecified atom stereocenters. The Bertz CT molecular complexity index is 945. The number of nitrogens with zero attached hydrogens (tertiary/aromatic N) is 3. The minimum absolute atomic E-state index is 0.131. The van der Waals surface area contributed by atoms with Crippen LogP contribution in [0.2, 0.25) is 0 Å². The van der Waals surface area contributed by atoms with Gasteiger partial charge in [-0.25, -0.2) is 9.48 Å². The van der Waals surface area contributed by atoms with Gasteiger partial charge in [0.05, 0.1) is 6.54 Å². The predicted molar refractivity (Wildman–Crippen MR) is 85.8 cm³/mol. The minimum atomic E-state index is -0.342. The molecule has 0 bridgehead atoms. The van der Waals surface area contributed by atoms with Crippen molar-refractivity contribution in [1.29, 1.82) is 0 Å². The Kier molecular flexibility index (Phi) is 4.20. The van der Waals surface area contributed by atoms with E-state index < -0.39 is 0 Å². The summed E-state index contributed by atoms with van der Waals surface area (Å²) < 4.78 is 2.53. The zero-order valence-electron chi connectivity index (χ0n) is 12.3. The van der Waals surface area contributed by atoms with Gasteiger partial charge in [0.25, 0.3) is 0 Å². The summed E-state index contributed by atoms with van der Waals surface area (Å²) >= 11 is 0. The zero-order chi connectivity index (χ0) is 16.1. The van der Waals surface area contributed by atoms with Crippen LogP contribution in [0.15, 0.2) is 59.5 Å². The minimum Gasteiger partial charge on any atom is -0.344 e. The molecule has 1 N–H and O–H groups in total. The van der Waals surface area contributed by atoms with Crippen molar-refractivity contribution in [2.75, 3.05) is 6.54 Å². The van der Waals surface area contributed by atoms with E-state index in [0.717, 1.165) is 10.2 Å². The maximum Gasteiger partial charge on any atom is 0.350 e. The molecule has 0 saturated heterocycles. The number of carbonyl (C=O) groups excluding carboxylic acids is 1. The van der Waals surface area contributed by atoms with E-state index in [1.165, 1.54) is 4.40 Å². The molecule has 0 aliphatic heterocycles. The maximum atomic E-state index is 12.0. The van der Waals surface area contributed by atoms with Gasteiger partial charge in [-0.15, -0.1) is 5.10 Å². The molecule has 0 radical (unpaired) electrons. The van der Waals surface area contributed by atoms with Gasteiger partial charge < -0.3 is 5.32 Å². The second-order valence-electron chi connectivity index (χ2n) is 4.81. The van der Waals surface area contributed by atoms with Gasteiger partial charge in [-0.05, 0) is 24.3 Å². The molecule has 0 aliphatic rings. The van der Waals surface area contributed by atoms with Gasteiger partial charge in [-0.1, -0.05) is 36.1 Å². The normalized spacial score (nSPS) is 10.1. The second kappa shape index (κ2) is 6.62. The number of carbonyl (C=O) groups is 1. The maximum absolute atomic E-state index is 12.0. The first-order valence-electron chi connectivity index (χ1n) is 7.09. The average Bonchev–Trinajstić information content (AvgIpc) is 2.89. The average molecular weight is 306 g/mol. The summed E-state index contributed by atoms with van der Waals surface area (Å²) in [6, 6.07) is 14.7. The lowest BCUT2D eigenvalue weighted by molar-refractivity contribution is -0.121. The summed E-state index contributed by atoms with van der Waals surface area (Å²) in [5, 5.41) is 6.75. The zero-order valence-corrected chi connectivity index (χ0v) is 12.3. The number of fused-ring (bicyclic) bond motifs is 1. The Labute approximate surface area is 132 Å². The number of pyridine rings is 1.